The molecule has 2 aromatic rings. The van der Waals surface area contributed by atoms with E-state index in [9.17, 15) is 13.6 Å². The average molecular weight is 346 g/mol. The summed E-state index contributed by atoms with van der Waals surface area (Å²) >= 11 is 2.87. The highest BCUT2D eigenvalue weighted by Crippen LogP contribution is 2.30. The van der Waals surface area contributed by atoms with Crippen molar-refractivity contribution >= 4 is 32.8 Å². The summed E-state index contributed by atoms with van der Waals surface area (Å²) in [6.07, 6.45) is 0.635. The molecule has 0 aliphatic rings. The lowest BCUT2D eigenvalue weighted by atomic mass is 10.1. The highest BCUT2D eigenvalue weighted by molar-refractivity contribution is 9.10. The van der Waals surface area contributed by atoms with Crippen molar-refractivity contribution in [3.63, 3.8) is 0 Å². The van der Waals surface area contributed by atoms with Crippen LogP contribution in [0.15, 0.2) is 16.6 Å². The van der Waals surface area contributed by atoms with Crippen molar-refractivity contribution in [1.29, 1.82) is 0 Å². The van der Waals surface area contributed by atoms with E-state index in [2.05, 4.69) is 20.9 Å². The summed E-state index contributed by atoms with van der Waals surface area (Å²) in [6.45, 7) is 2.07. The van der Waals surface area contributed by atoms with Gasteiger partial charge in [-0.15, -0.1) is 0 Å². The first kappa shape index (κ1) is 14.6. The van der Waals surface area contributed by atoms with E-state index in [1.807, 2.05) is 6.92 Å². The van der Waals surface area contributed by atoms with Gasteiger partial charge in [0.05, 0.1) is 11.1 Å². The minimum absolute atomic E-state index is 0.0946. The van der Waals surface area contributed by atoms with Crippen LogP contribution in [0.4, 0.5) is 8.78 Å². The maximum absolute atomic E-state index is 13.9. The Balaban J connectivity index is 2.74. The Bertz CT molecular complexity index is 691. The molecule has 2 rings (SSSR count). The SMILES string of the molecule is CCCOc1nc2c(F)cc(Br)c(F)c2cc1C(=O)O. The summed E-state index contributed by atoms with van der Waals surface area (Å²) < 4.78 is 32.8. The monoisotopic (exact) mass is 345 g/mol. The lowest BCUT2D eigenvalue weighted by molar-refractivity contribution is 0.0691. The summed E-state index contributed by atoms with van der Waals surface area (Å²) in [5.74, 6) is -3.05. The number of carboxylic acid groups (broad SMARTS) is 1. The van der Waals surface area contributed by atoms with Gasteiger partial charge in [0.15, 0.2) is 5.82 Å². The number of rotatable bonds is 4. The van der Waals surface area contributed by atoms with Crippen LogP contribution in [0.5, 0.6) is 5.88 Å². The lowest BCUT2D eigenvalue weighted by Gasteiger charge is -2.10. The van der Waals surface area contributed by atoms with Gasteiger partial charge in [0, 0.05) is 5.39 Å². The highest BCUT2D eigenvalue weighted by atomic mass is 79.9. The Kier molecular flexibility index (Phi) is 4.17. The van der Waals surface area contributed by atoms with Gasteiger partial charge in [-0.05, 0) is 34.5 Å². The number of halogens is 3. The van der Waals surface area contributed by atoms with Gasteiger partial charge < -0.3 is 9.84 Å². The quantitative estimate of drug-likeness (QED) is 0.857. The van der Waals surface area contributed by atoms with Crippen LogP contribution in [0.2, 0.25) is 0 Å². The van der Waals surface area contributed by atoms with Crippen LogP contribution in [0.1, 0.15) is 23.7 Å². The molecule has 0 fully saturated rings. The summed E-state index contributed by atoms with van der Waals surface area (Å²) in [4.78, 5) is 15.0. The Labute approximate surface area is 121 Å². The van der Waals surface area contributed by atoms with Crippen molar-refractivity contribution in [3.8, 4) is 5.88 Å². The molecule has 20 heavy (non-hydrogen) atoms. The number of benzene rings is 1. The molecule has 1 aromatic heterocycles. The van der Waals surface area contributed by atoms with E-state index >= 15 is 0 Å². The zero-order valence-electron chi connectivity index (χ0n) is 10.4. The number of carbonyl (C=O) groups is 1. The van der Waals surface area contributed by atoms with E-state index < -0.39 is 17.6 Å². The van der Waals surface area contributed by atoms with E-state index in [-0.39, 0.29) is 33.4 Å². The third-order valence-corrected chi connectivity index (χ3v) is 3.16. The second kappa shape index (κ2) is 5.70. The molecule has 0 atom stereocenters. The third kappa shape index (κ3) is 2.58. The summed E-state index contributed by atoms with van der Waals surface area (Å²) in [5.41, 5.74) is -0.566. The second-order valence-electron chi connectivity index (χ2n) is 4.05. The molecule has 0 unspecified atom stereocenters. The summed E-state index contributed by atoms with van der Waals surface area (Å²) in [5, 5.41) is 8.90. The molecule has 0 amide bonds. The first-order valence-electron chi connectivity index (χ1n) is 5.80. The molecule has 1 aromatic carbocycles. The molecule has 0 saturated carbocycles. The third-order valence-electron chi connectivity index (χ3n) is 2.59. The van der Waals surface area contributed by atoms with Crippen LogP contribution < -0.4 is 4.74 Å². The molecular weight excluding hydrogens is 336 g/mol. The number of fused-ring (bicyclic) bond motifs is 1. The van der Waals surface area contributed by atoms with Gasteiger partial charge in [-0.25, -0.2) is 18.6 Å². The molecule has 0 bridgehead atoms. The highest BCUT2D eigenvalue weighted by Gasteiger charge is 2.20. The molecule has 106 valence electrons. The molecule has 7 heteroatoms. The number of hydrogen-bond acceptors (Lipinski definition) is 3. The van der Waals surface area contributed by atoms with Crippen LogP contribution in [-0.4, -0.2) is 22.7 Å². The fourth-order valence-corrected chi connectivity index (χ4v) is 2.09. The first-order chi connectivity index (χ1) is 9.45. The van der Waals surface area contributed by atoms with E-state index in [1.54, 1.807) is 0 Å². The number of pyridine rings is 1. The topological polar surface area (TPSA) is 59.4 Å². The minimum atomic E-state index is -1.31. The predicted molar refractivity (Wildman–Crippen MR) is 72.1 cm³/mol. The van der Waals surface area contributed by atoms with Gasteiger partial charge in [0.1, 0.15) is 16.9 Å². The number of aromatic nitrogens is 1. The van der Waals surface area contributed by atoms with Crippen LogP contribution >= 0.6 is 15.9 Å². The van der Waals surface area contributed by atoms with Gasteiger partial charge in [-0.2, -0.15) is 0 Å². The Morgan fingerprint density at radius 2 is 2.15 bits per heavy atom. The lowest BCUT2D eigenvalue weighted by Crippen LogP contribution is -2.07. The molecule has 0 radical (unpaired) electrons. The van der Waals surface area contributed by atoms with Crippen LogP contribution in [0.25, 0.3) is 10.9 Å². The molecule has 0 saturated heterocycles. The first-order valence-corrected chi connectivity index (χ1v) is 6.59. The fourth-order valence-electron chi connectivity index (χ4n) is 1.68. The maximum Gasteiger partial charge on any atom is 0.341 e. The van der Waals surface area contributed by atoms with Gasteiger partial charge in [0.25, 0.3) is 0 Å². The van der Waals surface area contributed by atoms with E-state index in [0.29, 0.717) is 6.42 Å². The molecular formula is C13H10BrF2NO3. The Hall–Kier alpha value is -1.76. The van der Waals surface area contributed by atoms with Gasteiger partial charge >= 0.3 is 5.97 Å². The predicted octanol–water partition coefficient (Wildman–Crippen LogP) is 3.76. The standard InChI is InChI=1S/C13H10BrF2NO3/c1-2-3-20-12-7(13(18)19)4-6-10(16)8(14)5-9(15)11(6)17-12/h4-5H,2-3H2,1H3,(H,18,19). The van der Waals surface area contributed by atoms with Crippen molar-refractivity contribution in [2.75, 3.05) is 6.61 Å². The normalized spacial score (nSPS) is 10.8. The second-order valence-corrected chi connectivity index (χ2v) is 4.90. The van der Waals surface area contributed by atoms with E-state index in [4.69, 9.17) is 9.84 Å². The average Bonchev–Trinajstić information content (AvgIpc) is 2.41. The number of hydrogen-bond donors (Lipinski definition) is 1. The van der Waals surface area contributed by atoms with Crippen LogP contribution in [0, 0.1) is 11.6 Å². The number of nitrogens with zero attached hydrogens (tertiary/aromatic N) is 1. The zero-order valence-corrected chi connectivity index (χ0v) is 12.0. The largest absolute Gasteiger partial charge is 0.477 e. The van der Waals surface area contributed by atoms with E-state index in [0.717, 1.165) is 12.1 Å². The molecule has 1 N–H and O–H groups in total. The zero-order chi connectivity index (χ0) is 14.9. The maximum atomic E-state index is 13.9. The van der Waals surface area contributed by atoms with Crippen molar-refractivity contribution < 1.29 is 23.4 Å². The van der Waals surface area contributed by atoms with Gasteiger partial charge in [0.2, 0.25) is 5.88 Å². The van der Waals surface area contributed by atoms with Crippen molar-refractivity contribution in [2.45, 2.75) is 13.3 Å². The fraction of sp³-hybridized carbons (Fsp3) is 0.231. The molecule has 0 aliphatic heterocycles. The van der Waals surface area contributed by atoms with Crippen molar-refractivity contribution in [2.24, 2.45) is 0 Å². The van der Waals surface area contributed by atoms with Gasteiger partial charge in [-0.1, -0.05) is 6.92 Å². The molecule has 1 heterocycles. The van der Waals surface area contributed by atoms with Crippen molar-refractivity contribution in [3.05, 3.63) is 33.8 Å². The number of aromatic carboxylic acids is 1. The molecule has 0 aliphatic carbocycles. The van der Waals surface area contributed by atoms with E-state index in [1.165, 1.54) is 0 Å². The smallest absolute Gasteiger partial charge is 0.341 e. The molecule has 0 spiro atoms. The summed E-state index contributed by atoms with van der Waals surface area (Å²) in [7, 11) is 0. The van der Waals surface area contributed by atoms with Crippen LogP contribution in [0.3, 0.4) is 0 Å². The van der Waals surface area contributed by atoms with Gasteiger partial charge in [-0.3, -0.25) is 0 Å². The summed E-state index contributed by atoms with van der Waals surface area (Å²) in [6, 6.07) is 1.97. The van der Waals surface area contributed by atoms with Crippen LogP contribution in [-0.2, 0) is 0 Å². The number of ether oxygens (including phenoxy) is 1. The minimum Gasteiger partial charge on any atom is -0.477 e. The Morgan fingerprint density at radius 3 is 2.75 bits per heavy atom. The van der Waals surface area contributed by atoms with Crippen molar-refractivity contribution in [1.82, 2.24) is 4.98 Å². The molecule has 4 nitrogen and oxygen atoms in total. The number of carboxylic acids is 1. The Morgan fingerprint density at radius 1 is 1.45 bits per heavy atom.